The van der Waals surface area contributed by atoms with Crippen LogP contribution in [0.1, 0.15) is 51.9 Å². The third-order valence-corrected chi connectivity index (χ3v) is 4.30. The minimum atomic E-state index is 0.538. The second-order valence-corrected chi connectivity index (χ2v) is 6.46. The van der Waals surface area contributed by atoms with Crippen molar-refractivity contribution in [1.29, 1.82) is 0 Å². The highest BCUT2D eigenvalue weighted by atomic mass is 79.9. The highest BCUT2D eigenvalue weighted by molar-refractivity contribution is 9.10. The molecule has 0 spiro atoms. The molecule has 4 heteroatoms. The Morgan fingerprint density at radius 3 is 2.47 bits per heavy atom. The normalized spacial score (nSPS) is 13.2. The third-order valence-electron chi connectivity index (χ3n) is 3.38. The van der Waals surface area contributed by atoms with Gasteiger partial charge in [-0.05, 0) is 47.7 Å². The lowest BCUT2D eigenvalue weighted by molar-refractivity contribution is 0.409. The second kappa shape index (κ2) is 8.05. The lowest BCUT2D eigenvalue weighted by Gasteiger charge is -2.20. The fourth-order valence-corrected chi connectivity index (χ4v) is 3.21. The SMILES string of the molecule is CCCNC(Cc1c(Br)c(CC)nn1C)CC(C)C. The van der Waals surface area contributed by atoms with Crippen molar-refractivity contribution in [3.63, 3.8) is 0 Å². The van der Waals surface area contributed by atoms with Gasteiger partial charge < -0.3 is 5.32 Å². The first-order valence-electron chi connectivity index (χ1n) is 7.43. The van der Waals surface area contributed by atoms with Gasteiger partial charge in [0, 0.05) is 19.5 Å². The molecule has 1 atom stereocenters. The monoisotopic (exact) mass is 329 g/mol. The van der Waals surface area contributed by atoms with E-state index in [9.17, 15) is 0 Å². The average molecular weight is 330 g/mol. The van der Waals surface area contributed by atoms with Gasteiger partial charge in [-0.15, -0.1) is 0 Å². The molecule has 1 N–H and O–H groups in total. The smallest absolute Gasteiger partial charge is 0.0766 e. The Bertz CT molecular complexity index is 385. The highest BCUT2D eigenvalue weighted by Crippen LogP contribution is 2.24. The molecule has 110 valence electrons. The van der Waals surface area contributed by atoms with Crippen LogP contribution >= 0.6 is 15.9 Å². The Balaban J connectivity index is 2.79. The van der Waals surface area contributed by atoms with Crippen LogP contribution in [0, 0.1) is 5.92 Å². The molecule has 1 unspecified atom stereocenters. The van der Waals surface area contributed by atoms with E-state index < -0.39 is 0 Å². The summed E-state index contributed by atoms with van der Waals surface area (Å²) in [6.45, 7) is 10.0. The molecule has 0 amide bonds. The van der Waals surface area contributed by atoms with E-state index in [4.69, 9.17) is 0 Å². The van der Waals surface area contributed by atoms with E-state index in [1.54, 1.807) is 0 Å². The van der Waals surface area contributed by atoms with Gasteiger partial charge in [-0.25, -0.2) is 0 Å². The summed E-state index contributed by atoms with van der Waals surface area (Å²) in [6.07, 6.45) is 4.41. The van der Waals surface area contributed by atoms with Crippen LogP contribution in [0.2, 0.25) is 0 Å². The van der Waals surface area contributed by atoms with Gasteiger partial charge in [0.25, 0.3) is 0 Å². The molecule has 0 saturated heterocycles. The number of hydrogen-bond acceptors (Lipinski definition) is 2. The van der Waals surface area contributed by atoms with Crippen LogP contribution < -0.4 is 5.32 Å². The maximum Gasteiger partial charge on any atom is 0.0766 e. The molecular weight excluding hydrogens is 302 g/mol. The molecule has 0 fully saturated rings. The van der Waals surface area contributed by atoms with Crippen LogP contribution in [0.25, 0.3) is 0 Å². The first-order valence-corrected chi connectivity index (χ1v) is 8.22. The summed E-state index contributed by atoms with van der Waals surface area (Å²) in [4.78, 5) is 0. The predicted octanol–water partition coefficient (Wildman–Crippen LogP) is 3.70. The Labute approximate surface area is 126 Å². The minimum Gasteiger partial charge on any atom is -0.314 e. The van der Waals surface area contributed by atoms with Gasteiger partial charge in [-0.3, -0.25) is 4.68 Å². The molecule has 3 nitrogen and oxygen atoms in total. The predicted molar refractivity (Wildman–Crippen MR) is 85.5 cm³/mol. The van der Waals surface area contributed by atoms with Crippen molar-refractivity contribution >= 4 is 15.9 Å². The summed E-state index contributed by atoms with van der Waals surface area (Å²) < 4.78 is 3.23. The maximum atomic E-state index is 4.58. The number of nitrogens with one attached hydrogen (secondary N) is 1. The van der Waals surface area contributed by atoms with Crippen LogP contribution in [-0.4, -0.2) is 22.4 Å². The van der Waals surface area contributed by atoms with Crippen molar-refractivity contribution in [2.24, 2.45) is 13.0 Å². The van der Waals surface area contributed by atoms with Gasteiger partial charge in [-0.2, -0.15) is 5.10 Å². The third kappa shape index (κ3) is 4.92. The van der Waals surface area contributed by atoms with Crippen LogP contribution in [0.4, 0.5) is 0 Å². The summed E-state index contributed by atoms with van der Waals surface area (Å²) in [7, 11) is 2.05. The zero-order chi connectivity index (χ0) is 14.4. The lowest BCUT2D eigenvalue weighted by atomic mass is 9.99. The van der Waals surface area contributed by atoms with Crippen molar-refractivity contribution in [2.75, 3.05) is 6.54 Å². The van der Waals surface area contributed by atoms with E-state index in [1.807, 2.05) is 11.7 Å². The standard InChI is InChI=1S/C15H28BrN3/c1-6-8-17-12(9-11(3)4)10-14-15(16)13(7-2)18-19(14)5/h11-12,17H,6-10H2,1-5H3. The van der Waals surface area contributed by atoms with Gasteiger partial charge in [0.2, 0.25) is 0 Å². The van der Waals surface area contributed by atoms with Gasteiger partial charge in [0.15, 0.2) is 0 Å². The molecule has 1 heterocycles. The number of hydrogen-bond donors (Lipinski definition) is 1. The van der Waals surface area contributed by atoms with Crippen molar-refractivity contribution in [1.82, 2.24) is 15.1 Å². The van der Waals surface area contributed by atoms with E-state index in [0.29, 0.717) is 12.0 Å². The van der Waals surface area contributed by atoms with Gasteiger partial charge >= 0.3 is 0 Å². The zero-order valence-corrected chi connectivity index (χ0v) is 14.5. The fraction of sp³-hybridized carbons (Fsp3) is 0.800. The Hall–Kier alpha value is -0.350. The summed E-state index contributed by atoms with van der Waals surface area (Å²) in [5.74, 6) is 0.715. The first kappa shape index (κ1) is 16.7. The summed E-state index contributed by atoms with van der Waals surface area (Å²) in [6, 6.07) is 0.538. The van der Waals surface area contributed by atoms with Crippen molar-refractivity contribution in [2.45, 2.75) is 59.4 Å². The molecule has 0 radical (unpaired) electrons. The molecule has 1 aromatic heterocycles. The van der Waals surface area contributed by atoms with Gasteiger partial charge in [0.05, 0.1) is 15.9 Å². The fourth-order valence-electron chi connectivity index (χ4n) is 2.43. The summed E-state index contributed by atoms with van der Waals surface area (Å²) in [5, 5.41) is 8.25. The largest absolute Gasteiger partial charge is 0.314 e. The average Bonchev–Trinajstić information content (AvgIpc) is 2.62. The van der Waals surface area contributed by atoms with Crippen LogP contribution in [0.5, 0.6) is 0 Å². The van der Waals surface area contributed by atoms with Crippen molar-refractivity contribution < 1.29 is 0 Å². The Morgan fingerprint density at radius 1 is 1.32 bits per heavy atom. The number of aromatic nitrogens is 2. The van der Waals surface area contributed by atoms with Crippen LogP contribution in [0.15, 0.2) is 4.47 Å². The molecule has 1 rings (SSSR count). The van der Waals surface area contributed by atoms with E-state index in [-0.39, 0.29) is 0 Å². The van der Waals surface area contributed by atoms with E-state index in [1.165, 1.54) is 23.0 Å². The summed E-state index contributed by atoms with van der Waals surface area (Å²) >= 11 is 3.71. The molecule has 1 aromatic rings. The molecule has 0 saturated carbocycles. The number of aryl methyl sites for hydroxylation is 2. The number of nitrogens with zero attached hydrogens (tertiary/aromatic N) is 2. The second-order valence-electron chi connectivity index (χ2n) is 5.67. The lowest BCUT2D eigenvalue weighted by Crippen LogP contribution is -2.33. The molecule has 0 aliphatic carbocycles. The first-order chi connectivity index (χ1) is 8.99. The van der Waals surface area contributed by atoms with Crippen molar-refractivity contribution in [3.8, 4) is 0 Å². The quantitative estimate of drug-likeness (QED) is 0.788. The van der Waals surface area contributed by atoms with Gasteiger partial charge in [-0.1, -0.05) is 27.7 Å². The van der Waals surface area contributed by atoms with E-state index in [2.05, 4.69) is 54.0 Å². The molecule has 0 bridgehead atoms. The van der Waals surface area contributed by atoms with Crippen LogP contribution in [-0.2, 0) is 19.9 Å². The van der Waals surface area contributed by atoms with Crippen LogP contribution in [0.3, 0.4) is 0 Å². The van der Waals surface area contributed by atoms with E-state index in [0.717, 1.165) is 25.1 Å². The number of rotatable bonds is 8. The van der Waals surface area contributed by atoms with Crippen molar-refractivity contribution in [3.05, 3.63) is 15.9 Å². The van der Waals surface area contributed by atoms with E-state index >= 15 is 0 Å². The number of halogens is 1. The summed E-state index contributed by atoms with van der Waals surface area (Å²) in [5.41, 5.74) is 2.47. The molecule has 19 heavy (non-hydrogen) atoms. The van der Waals surface area contributed by atoms with Gasteiger partial charge in [0.1, 0.15) is 0 Å². The maximum absolute atomic E-state index is 4.58. The Morgan fingerprint density at radius 2 is 2.00 bits per heavy atom. The molecule has 0 aromatic carbocycles. The zero-order valence-electron chi connectivity index (χ0n) is 13.0. The topological polar surface area (TPSA) is 29.9 Å². The highest BCUT2D eigenvalue weighted by Gasteiger charge is 2.18. The Kier molecular flexibility index (Phi) is 7.08. The minimum absolute atomic E-state index is 0.538. The molecular formula is C15H28BrN3. The molecule has 0 aliphatic rings. The molecule has 0 aliphatic heterocycles.